The number of nitro benzene ring substituents is 1. The van der Waals surface area contributed by atoms with Crippen LogP contribution in [0.4, 0.5) is 16.5 Å². The van der Waals surface area contributed by atoms with Crippen molar-refractivity contribution >= 4 is 44.5 Å². The number of carbonyl (C=O) groups excluding carboxylic acids is 1. The predicted molar refractivity (Wildman–Crippen MR) is 158 cm³/mol. The minimum Gasteiger partial charge on any atom is -0.352 e. The number of aromatic nitrogens is 1. The van der Waals surface area contributed by atoms with E-state index in [9.17, 15) is 14.9 Å². The van der Waals surface area contributed by atoms with Crippen LogP contribution in [-0.4, -0.2) is 22.4 Å². The SMILES string of the molecule is CC(C)CNC(=O)c1ccc(CN(c2nc(-c3cccc([N+](=O)[O-])c3)cs2)c2cccc3ccccc23)cc1. The number of non-ortho nitro benzene ring substituents is 1. The summed E-state index contributed by atoms with van der Waals surface area (Å²) in [5, 5.41) is 19.2. The minimum atomic E-state index is -0.397. The van der Waals surface area contributed by atoms with Gasteiger partial charge in [0.2, 0.25) is 0 Å². The van der Waals surface area contributed by atoms with Gasteiger partial charge in [-0.15, -0.1) is 11.3 Å². The summed E-state index contributed by atoms with van der Waals surface area (Å²) in [6, 6.07) is 28.6. The second kappa shape index (κ2) is 11.4. The third-order valence-electron chi connectivity index (χ3n) is 6.36. The maximum atomic E-state index is 12.5. The number of amides is 1. The first-order chi connectivity index (χ1) is 18.9. The summed E-state index contributed by atoms with van der Waals surface area (Å²) < 4.78 is 0. The minimum absolute atomic E-state index is 0.0329. The van der Waals surface area contributed by atoms with Crippen molar-refractivity contribution in [3.63, 3.8) is 0 Å². The van der Waals surface area contributed by atoms with Crippen LogP contribution in [0.15, 0.2) is 96.4 Å². The predicted octanol–water partition coefficient (Wildman–Crippen LogP) is 7.60. The Kier molecular flexibility index (Phi) is 7.65. The van der Waals surface area contributed by atoms with Gasteiger partial charge in [0, 0.05) is 40.6 Å². The second-order valence-electron chi connectivity index (χ2n) is 9.71. The number of benzene rings is 4. The molecule has 0 aliphatic carbocycles. The zero-order valence-corrected chi connectivity index (χ0v) is 22.5. The third kappa shape index (κ3) is 5.97. The molecule has 0 radical (unpaired) electrons. The number of carbonyl (C=O) groups is 1. The van der Waals surface area contributed by atoms with E-state index >= 15 is 0 Å². The molecule has 7 nitrogen and oxygen atoms in total. The highest BCUT2D eigenvalue weighted by Gasteiger charge is 2.19. The van der Waals surface area contributed by atoms with E-state index < -0.39 is 4.92 Å². The monoisotopic (exact) mass is 536 g/mol. The molecular formula is C31H28N4O3S. The zero-order chi connectivity index (χ0) is 27.4. The molecule has 0 unspecified atom stereocenters. The fraction of sp³-hybridized carbons (Fsp3) is 0.161. The van der Waals surface area contributed by atoms with E-state index in [-0.39, 0.29) is 11.6 Å². The molecule has 0 spiro atoms. The molecular weight excluding hydrogens is 508 g/mol. The summed E-state index contributed by atoms with van der Waals surface area (Å²) in [6.07, 6.45) is 0. The molecule has 0 fully saturated rings. The van der Waals surface area contributed by atoms with E-state index in [0.717, 1.165) is 27.2 Å². The Hall–Kier alpha value is -4.56. The Morgan fingerprint density at radius 1 is 1.00 bits per heavy atom. The normalized spacial score (nSPS) is 11.1. The lowest BCUT2D eigenvalue weighted by atomic mass is 10.1. The molecule has 0 aliphatic rings. The number of thiazole rings is 1. The molecule has 0 saturated carbocycles. The number of nitro groups is 1. The molecule has 1 N–H and O–H groups in total. The molecule has 0 bridgehead atoms. The lowest BCUT2D eigenvalue weighted by molar-refractivity contribution is -0.384. The molecule has 5 rings (SSSR count). The van der Waals surface area contributed by atoms with Crippen LogP contribution in [0, 0.1) is 16.0 Å². The molecule has 4 aromatic carbocycles. The fourth-order valence-corrected chi connectivity index (χ4v) is 5.19. The second-order valence-corrected chi connectivity index (χ2v) is 10.5. The maximum absolute atomic E-state index is 12.5. The van der Waals surface area contributed by atoms with Gasteiger partial charge in [-0.05, 0) is 35.1 Å². The van der Waals surface area contributed by atoms with Crippen molar-refractivity contribution in [1.29, 1.82) is 0 Å². The van der Waals surface area contributed by atoms with E-state index in [1.54, 1.807) is 12.1 Å². The number of nitrogens with one attached hydrogen (secondary N) is 1. The molecule has 0 saturated heterocycles. The summed E-state index contributed by atoms with van der Waals surface area (Å²) >= 11 is 1.49. The van der Waals surface area contributed by atoms with Crippen molar-refractivity contribution in [2.75, 3.05) is 11.4 Å². The summed E-state index contributed by atoms with van der Waals surface area (Å²) in [5.41, 5.74) is 4.06. The number of fused-ring (bicyclic) bond motifs is 1. The largest absolute Gasteiger partial charge is 0.352 e. The summed E-state index contributed by atoms with van der Waals surface area (Å²) in [5.74, 6) is 0.301. The van der Waals surface area contributed by atoms with Gasteiger partial charge >= 0.3 is 0 Å². The van der Waals surface area contributed by atoms with Gasteiger partial charge in [0.15, 0.2) is 5.13 Å². The molecule has 0 aliphatic heterocycles. The molecule has 196 valence electrons. The van der Waals surface area contributed by atoms with Gasteiger partial charge in [0.05, 0.1) is 22.8 Å². The van der Waals surface area contributed by atoms with Crippen LogP contribution in [0.1, 0.15) is 29.8 Å². The standard InChI is InChI=1S/C31H28N4O3S/c1-21(2)18-32-30(36)24-15-13-22(14-16-24)19-34(29-12-6-8-23-7-3-4-11-27(23)29)31-33-28(20-39-31)25-9-5-10-26(17-25)35(37)38/h3-17,20-21H,18-19H2,1-2H3,(H,32,36). The Bertz CT molecular complexity index is 1620. The molecule has 8 heteroatoms. The number of hydrogen-bond acceptors (Lipinski definition) is 6. The highest BCUT2D eigenvalue weighted by molar-refractivity contribution is 7.14. The smallest absolute Gasteiger partial charge is 0.270 e. The maximum Gasteiger partial charge on any atom is 0.270 e. The van der Waals surface area contributed by atoms with Crippen molar-refractivity contribution in [3.05, 3.63) is 118 Å². The lowest BCUT2D eigenvalue weighted by Gasteiger charge is -2.24. The van der Waals surface area contributed by atoms with Crippen LogP contribution in [0.3, 0.4) is 0 Å². The van der Waals surface area contributed by atoms with Gasteiger partial charge in [0.1, 0.15) is 0 Å². The van der Waals surface area contributed by atoms with Crippen LogP contribution >= 0.6 is 11.3 Å². The van der Waals surface area contributed by atoms with Crippen molar-refractivity contribution in [2.45, 2.75) is 20.4 Å². The molecule has 39 heavy (non-hydrogen) atoms. The van der Waals surface area contributed by atoms with Gasteiger partial charge in [-0.1, -0.05) is 74.5 Å². The molecule has 1 amide bonds. The average molecular weight is 537 g/mol. The number of anilines is 2. The lowest BCUT2D eigenvalue weighted by Crippen LogP contribution is -2.27. The molecule has 1 heterocycles. The van der Waals surface area contributed by atoms with E-state index in [0.29, 0.717) is 35.8 Å². The first-order valence-electron chi connectivity index (χ1n) is 12.7. The van der Waals surface area contributed by atoms with Gasteiger partial charge in [-0.25, -0.2) is 4.98 Å². The van der Waals surface area contributed by atoms with Crippen LogP contribution in [0.2, 0.25) is 0 Å². The highest BCUT2D eigenvalue weighted by Crippen LogP contribution is 2.37. The van der Waals surface area contributed by atoms with E-state index in [1.807, 2.05) is 53.9 Å². The van der Waals surface area contributed by atoms with E-state index in [1.165, 1.54) is 17.4 Å². The first kappa shape index (κ1) is 26.1. The summed E-state index contributed by atoms with van der Waals surface area (Å²) in [6.45, 7) is 5.29. The van der Waals surface area contributed by atoms with Gasteiger partial charge < -0.3 is 10.2 Å². The van der Waals surface area contributed by atoms with Crippen molar-refractivity contribution in [1.82, 2.24) is 10.3 Å². The zero-order valence-electron chi connectivity index (χ0n) is 21.7. The van der Waals surface area contributed by atoms with E-state index in [4.69, 9.17) is 4.98 Å². The number of rotatable bonds is 9. The highest BCUT2D eigenvalue weighted by atomic mass is 32.1. The third-order valence-corrected chi connectivity index (χ3v) is 7.22. The Balaban J connectivity index is 1.50. The Morgan fingerprint density at radius 2 is 1.74 bits per heavy atom. The van der Waals surface area contributed by atoms with Crippen LogP contribution in [-0.2, 0) is 6.54 Å². The van der Waals surface area contributed by atoms with Gasteiger partial charge in [-0.3, -0.25) is 14.9 Å². The molecule has 5 aromatic rings. The van der Waals surface area contributed by atoms with Crippen LogP contribution < -0.4 is 10.2 Å². The molecule has 0 atom stereocenters. The van der Waals surface area contributed by atoms with Crippen molar-refractivity contribution in [2.24, 2.45) is 5.92 Å². The topological polar surface area (TPSA) is 88.4 Å². The first-order valence-corrected chi connectivity index (χ1v) is 13.6. The fourth-order valence-electron chi connectivity index (χ4n) is 4.34. The average Bonchev–Trinajstić information content (AvgIpc) is 3.45. The Morgan fingerprint density at radius 3 is 2.51 bits per heavy atom. The van der Waals surface area contributed by atoms with Crippen LogP contribution in [0.5, 0.6) is 0 Å². The number of hydrogen-bond donors (Lipinski definition) is 1. The van der Waals surface area contributed by atoms with Gasteiger partial charge in [0.25, 0.3) is 11.6 Å². The van der Waals surface area contributed by atoms with Crippen LogP contribution in [0.25, 0.3) is 22.0 Å². The van der Waals surface area contributed by atoms with Crippen molar-refractivity contribution in [3.8, 4) is 11.3 Å². The van der Waals surface area contributed by atoms with E-state index in [2.05, 4.69) is 48.3 Å². The molecule has 1 aromatic heterocycles. The Labute approximate surface area is 230 Å². The number of nitrogens with zero attached hydrogens (tertiary/aromatic N) is 3. The summed E-state index contributed by atoms with van der Waals surface area (Å²) in [4.78, 5) is 30.5. The van der Waals surface area contributed by atoms with Gasteiger partial charge in [-0.2, -0.15) is 0 Å². The quantitative estimate of drug-likeness (QED) is 0.155. The summed E-state index contributed by atoms with van der Waals surface area (Å²) in [7, 11) is 0. The van der Waals surface area contributed by atoms with Crippen molar-refractivity contribution < 1.29 is 9.72 Å².